The van der Waals surface area contributed by atoms with Crippen molar-refractivity contribution in [3.05, 3.63) is 22.3 Å². The van der Waals surface area contributed by atoms with Gasteiger partial charge in [-0.05, 0) is 30.1 Å². The van der Waals surface area contributed by atoms with Crippen LogP contribution in [-0.4, -0.2) is 96.3 Å². The zero-order chi connectivity index (χ0) is 24.4. The van der Waals surface area contributed by atoms with Crippen LogP contribution in [0.5, 0.6) is 0 Å². The highest BCUT2D eigenvalue weighted by molar-refractivity contribution is 8.01. The van der Waals surface area contributed by atoms with Gasteiger partial charge in [0, 0.05) is 23.4 Å². The number of likely N-dealkylation sites (N-methyl/N-ethyl adjacent to an activating group) is 1. The molecule has 5 N–H and O–H groups in total. The molecule has 2 atom stereocenters. The van der Waals surface area contributed by atoms with Gasteiger partial charge in [-0.3, -0.25) is 19.3 Å². The Morgan fingerprint density at radius 1 is 1.38 bits per heavy atom. The fourth-order valence-corrected chi connectivity index (χ4v) is 6.46. The van der Waals surface area contributed by atoms with E-state index < -0.39 is 17.3 Å². The zero-order valence-corrected chi connectivity index (χ0v) is 21.0. The summed E-state index contributed by atoms with van der Waals surface area (Å²) < 4.78 is 1.70. The molecule has 2 aromatic rings. The molecule has 4 rings (SSSR count). The number of β-lactam (4-membered cyclic amide) rings is 1. The van der Waals surface area contributed by atoms with Gasteiger partial charge in [0.05, 0.1) is 18.7 Å². The molecule has 2 aromatic heterocycles. The highest BCUT2D eigenvalue weighted by Crippen LogP contribution is 2.41. The second-order valence-corrected chi connectivity index (χ2v) is 10.8. The van der Waals surface area contributed by atoms with Crippen LogP contribution in [0.3, 0.4) is 0 Å². The molecule has 13 nitrogen and oxygen atoms in total. The van der Waals surface area contributed by atoms with E-state index in [1.54, 1.807) is 10.1 Å². The number of thiazole rings is 1. The van der Waals surface area contributed by atoms with E-state index in [4.69, 9.17) is 11.5 Å². The minimum absolute atomic E-state index is 0.0256. The van der Waals surface area contributed by atoms with E-state index in [1.807, 2.05) is 19.0 Å². The molecular weight excluding hydrogens is 500 g/mol. The Balaban J connectivity index is 1.41. The van der Waals surface area contributed by atoms with Crippen LogP contribution in [0, 0.1) is 0 Å². The first-order valence-corrected chi connectivity index (χ1v) is 13.2. The third-order valence-electron chi connectivity index (χ3n) is 5.14. The number of nitrogens with one attached hydrogen (secondary N) is 1. The molecule has 0 aliphatic carbocycles. The molecule has 0 unspecified atom stereocenters. The molecule has 1 fully saturated rings. The van der Waals surface area contributed by atoms with E-state index in [2.05, 4.69) is 25.8 Å². The van der Waals surface area contributed by atoms with Gasteiger partial charge in [0.2, 0.25) is 11.1 Å². The smallest absolute Gasteiger partial charge is 0.265 e. The second kappa shape index (κ2) is 10.3. The van der Waals surface area contributed by atoms with Crippen LogP contribution < -0.4 is 16.8 Å². The Labute approximate surface area is 207 Å². The Morgan fingerprint density at radius 2 is 2.18 bits per heavy atom. The first-order chi connectivity index (χ1) is 16.2. The summed E-state index contributed by atoms with van der Waals surface area (Å²) in [4.78, 5) is 45.0. The maximum absolute atomic E-state index is 12.9. The standard InChI is InChI=1S/C18H24N10O3S3/c1-26(2)3-4-27-18(23-24-25-27)34-7-9-6-32-16-12(15(31)28(16)13(9)14(19)30)22-11(29)5-10-8-33-17(20)21-10/h8,12,16H,3-7H2,1-2H3,(H2,19,30)(H2,20,21)(H,22,29)/t12-,16-/m0/s1. The van der Waals surface area contributed by atoms with E-state index in [0.717, 1.165) is 12.1 Å². The van der Waals surface area contributed by atoms with Crippen LogP contribution >= 0.6 is 34.9 Å². The van der Waals surface area contributed by atoms with Crippen LogP contribution in [0.4, 0.5) is 5.13 Å². The van der Waals surface area contributed by atoms with Crippen molar-refractivity contribution in [1.82, 2.24) is 40.3 Å². The number of anilines is 1. The highest BCUT2D eigenvalue weighted by Gasteiger charge is 2.53. The number of carbonyl (C=O) groups excluding carboxylic acids is 3. The lowest BCUT2D eigenvalue weighted by Crippen LogP contribution is -2.71. The largest absolute Gasteiger partial charge is 0.375 e. The van der Waals surface area contributed by atoms with Crippen molar-refractivity contribution in [2.45, 2.75) is 29.5 Å². The Hall–Kier alpha value is -2.69. The minimum atomic E-state index is -0.727. The molecular formula is C18H24N10O3S3. The van der Waals surface area contributed by atoms with Crippen LogP contribution in [0.15, 0.2) is 21.8 Å². The summed E-state index contributed by atoms with van der Waals surface area (Å²) in [6, 6.07) is -0.727. The zero-order valence-electron chi connectivity index (χ0n) is 18.5. The Bertz CT molecular complexity index is 1130. The normalized spacial score (nSPS) is 19.9. The summed E-state index contributed by atoms with van der Waals surface area (Å²) in [6.07, 6.45) is 0.0256. The number of fused-ring (bicyclic) bond motifs is 1. The number of rotatable bonds is 10. The lowest BCUT2D eigenvalue weighted by molar-refractivity contribution is -0.147. The van der Waals surface area contributed by atoms with E-state index >= 15 is 0 Å². The molecule has 0 spiro atoms. The van der Waals surface area contributed by atoms with Gasteiger partial charge in [-0.15, -0.1) is 28.2 Å². The van der Waals surface area contributed by atoms with Gasteiger partial charge in [-0.25, -0.2) is 9.67 Å². The summed E-state index contributed by atoms with van der Waals surface area (Å²) in [5.41, 5.74) is 12.7. The van der Waals surface area contributed by atoms with Crippen molar-refractivity contribution in [1.29, 1.82) is 0 Å². The fourth-order valence-electron chi connectivity index (χ4n) is 3.51. The predicted molar refractivity (Wildman–Crippen MR) is 129 cm³/mol. The number of nitrogens with zero attached hydrogens (tertiary/aromatic N) is 7. The third kappa shape index (κ3) is 5.18. The molecule has 34 heavy (non-hydrogen) atoms. The Kier molecular flexibility index (Phi) is 7.39. The van der Waals surface area contributed by atoms with Gasteiger partial charge >= 0.3 is 0 Å². The van der Waals surface area contributed by atoms with Crippen molar-refractivity contribution in [3.8, 4) is 0 Å². The molecule has 0 radical (unpaired) electrons. The van der Waals surface area contributed by atoms with Crippen LogP contribution in [0.2, 0.25) is 0 Å². The summed E-state index contributed by atoms with van der Waals surface area (Å²) >= 11 is 4.10. The second-order valence-electron chi connectivity index (χ2n) is 7.90. The summed E-state index contributed by atoms with van der Waals surface area (Å²) in [5.74, 6) is -0.473. The van der Waals surface area contributed by atoms with E-state index in [1.165, 1.54) is 39.8 Å². The van der Waals surface area contributed by atoms with Crippen molar-refractivity contribution in [2.75, 3.05) is 37.9 Å². The van der Waals surface area contributed by atoms with E-state index in [0.29, 0.717) is 34.0 Å². The molecule has 182 valence electrons. The van der Waals surface area contributed by atoms with Gasteiger partial charge in [0.25, 0.3) is 11.8 Å². The number of carbonyl (C=O) groups is 3. The summed E-state index contributed by atoms with van der Waals surface area (Å²) in [6.45, 7) is 1.40. The van der Waals surface area contributed by atoms with Crippen molar-refractivity contribution < 1.29 is 14.4 Å². The molecule has 0 saturated carbocycles. The molecule has 1 saturated heterocycles. The van der Waals surface area contributed by atoms with Gasteiger partial charge in [-0.2, -0.15) is 0 Å². The predicted octanol–water partition coefficient (Wildman–Crippen LogP) is -1.25. The summed E-state index contributed by atoms with van der Waals surface area (Å²) in [7, 11) is 3.93. The number of nitrogens with two attached hydrogens (primary N) is 2. The first kappa shape index (κ1) is 24.4. The maximum Gasteiger partial charge on any atom is 0.265 e. The van der Waals surface area contributed by atoms with E-state index in [-0.39, 0.29) is 23.9 Å². The molecule has 2 aliphatic heterocycles. The molecule has 2 aliphatic rings. The number of hydrogen-bond acceptors (Lipinski definition) is 12. The average molecular weight is 525 g/mol. The first-order valence-electron chi connectivity index (χ1n) is 10.2. The molecule has 0 aromatic carbocycles. The van der Waals surface area contributed by atoms with Gasteiger partial charge in [0.15, 0.2) is 5.13 Å². The SMILES string of the molecule is CN(C)CCn1nnnc1SCC1=C(C(N)=O)N2C(=O)[C@H](NC(=O)Cc3csc(N)n3)[C@@H]2SC1. The van der Waals surface area contributed by atoms with Crippen LogP contribution in [0.25, 0.3) is 0 Å². The summed E-state index contributed by atoms with van der Waals surface area (Å²) in [5, 5.41) is 16.8. The van der Waals surface area contributed by atoms with Crippen LogP contribution in [-0.2, 0) is 27.3 Å². The number of amides is 3. The Morgan fingerprint density at radius 3 is 2.85 bits per heavy atom. The molecule has 0 bridgehead atoms. The van der Waals surface area contributed by atoms with Gasteiger partial charge in [0.1, 0.15) is 17.1 Å². The number of aromatic nitrogens is 5. The monoisotopic (exact) mass is 524 g/mol. The lowest BCUT2D eigenvalue weighted by Gasteiger charge is -2.49. The third-order valence-corrected chi connectivity index (χ3v) is 8.25. The molecule has 3 amide bonds. The van der Waals surface area contributed by atoms with Gasteiger partial charge in [-0.1, -0.05) is 11.8 Å². The maximum atomic E-state index is 12.9. The highest BCUT2D eigenvalue weighted by atomic mass is 32.2. The van der Waals surface area contributed by atoms with Crippen molar-refractivity contribution in [3.63, 3.8) is 0 Å². The van der Waals surface area contributed by atoms with E-state index in [9.17, 15) is 14.4 Å². The van der Waals surface area contributed by atoms with Crippen LogP contribution in [0.1, 0.15) is 5.69 Å². The number of tetrazole rings is 1. The lowest BCUT2D eigenvalue weighted by atomic mass is 10.0. The topological polar surface area (TPSA) is 178 Å². The van der Waals surface area contributed by atoms with Crippen molar-refractivity contribution >= 4 is 57.7 Å². The fraction of sp³-hybridized carbons (Fsp3) is 0.500. The molecule has 16 heteroatoms. The minimum Gasteiger partial charge on any atom is -0.375 e. The number of primary amides is 1. The van der Waals surface area contributed by atoms with Crippen molar-refractivity contribution in [2.24, 2.45) is 5.73 Å². The average Bonchev–Trinajstić information content (AvgIpc) is 3.41. The molecule has 4 heterocycles. The number of nitrogen functional groups attached to an aromatic ring is 1. The number of hydrogen-bond donors (Lipinski definition) is 3. The van der Waals surface area contributed by atoms with Gasteiger partial charge < -0.3 is 21.7 Å². The quantitative estimate of drug-likeness (QED) is 0.250. The number of thioether (sulfide) groups is 2.